The Hall–Kier alpha value is -3.88. The monoisotopic (exact) mass is 541 g/mol. The van der Waals surface area contributed by atoms with E-state index in [0.717, 1.165) is 72.4 Å². The molecule has 0 amide bonds. The van der Waals surface area contributed by atoms with Crippen molar-refractivity contribution in [2.24, 2.45) is 11.8 Å². The highest BCUT2D eigenvalue weighted by Crippen LogP contribution is 2.38. The van der Waals surface area contributed by atoms with E-state index in [1.807, 2.05) is 25.1 Å². The van der Waals surface area contributed by atoms with Gasteiger partial charge in [-0.1, -0.05) is 81.6 Å². The Balaban J connectivity index is 1.34. The van der Waals surface area contributed by atoms with E-state index in [9.17, 15) is 9.90 Å². The van der Waals surface area contributed by atoms with Crippen LogP contribution in [0, 0.1) is 11.8 Å². The lowest BCUT2D eigenvalue weighted by atomic mass is 9.76. The summed E-state index contributed by atoms with van der Waals surface area (Å²) in [7, 11) is 0. The molecule has 0 radical (unpaired) electrons. The number of nitrogens with zero attached hydrogens (tertiary/aromatic N) is 6. The molecule has 1 aliphatic rings. The fourth-order valence-electron chi connectivity index (χ4n) is 5.88. The van der Waals surface area contributed by atoms with Crippen LogP contribution in [0.25, 0.3) is 22.5 Å². The summed E-state index contributed by atoms with van der Waals surface area (Å²) >= 11 is 0. The summed E-state index contributed by atoms with van der Waals surface area (Å²) in [6.45, 7) is 4.73. The zero-order valence-electron chi connectivity index (χ0n) is 23.5. The second-order valence-electron chi connectivity index (χ2n) is 11.1. The lowest BCUT2D eigenvalue weighted by molar-refractivity contribution is -0.143. The molecule has 2 heterocycles. The van der Waals surface area contributed by atoms with Crippen LogP contribution in [0.2, 0.25) is 0 Å². The Morgan fingerprint density at radius 1 is 1.02 bits per heavy atom. The molecule has 0 aliphatic heterocycles. The number of carboxylic acid groups (broad SMARTS) is 1. The molecule has 5 rings (SSSR count). The fraction of sp³-hybridized carbons (Fsp3) is 0.484. The first kappa shape index (κ1) is 27.7. The SMILES string of the molecule is CCCCCCc1nc(C2CCC(C(C)C(=O)O)CC2)n(Cc2ccc(-c3ccccc3-c3nn[nH]n3)cc2)n1. The molecule has 1 fully saturated rings. The van der Waals surface area contributed by atoms with Crippen molar-refractivity contribution in [1.82, 2.24) is 35.4 Å². The zero-order chi connectivity index (χ0) is 27.9. The average molecular weight is 542 g/mol. The molecular formula is C31H39N7O2. The molecule has 1 saturated carbocycles. The van der Waals surface area contributed by atoms with Crippen molar-refractivity contribution in [3.05, 3.63) is 65.7 Å². The molecule has 1 aliphatic carbocycles. The van der Waals surface area contributed by atoms with Crippen LogP contribution in [0.4, 0.5) is 0 Å². The van der Waals surface area contributed by atoms with Gasteiger partial charge >= 0.3 is 5.97 Å². The van der Waals surface area contributed by atoms with Crippen molar-refractivity contribution in [3.8, 4) is 22.5 Å². The van der Waals surface area contributed by atoms with Crippen LogP contribution in [0.3, 0.4) is 0 Å². The number of hydrogen-bond acceptors (Lipinski definition) is 6. The maximum atomic E-state index is 11.5. The first-order valence-electron chi connectivity index (χ1n) is 14.6. The molecule has 4 aromatic rings. The van der Waals surface area contributed by atoms with Gasteiger partial charge in [-0.25, -0.2) is 9.67 Å². The van der Waals surface area contributed by atoms with Crippen LogP contribution in [0.5, 0.6) is 0 Å². The third-order valence-corrected chi connectivity index (χ3v) is 8.34. The second-order valence-corrected chi connectivity index (χ2v) is 11.1. The molecule has 9 heteroatoms. The highest BCUT2D eigenvalue weighted by Gasteiger charge is 2.31. The number of nitrogens with one attached hydrogen (secondary N) is 1. The van der Waals surface area contributed by atoms with Gasteiger partial charge in [-0.15, -0.1) is 10.2 Å². The van der Waals surface area contributed by atoms with Crippen molar-refractivity contribution in [1.29, 1.82) is 0 Å². The number of carboxylic acids is 1. The number of aliphatic carboxylic acids is 1. The summed E-state index contributed by atoms with van der Waals surface area (Å²) in [5.74, 6) is 2.12. The molecule has 0 spiro atoms. The molecular weight excluding hydrogens is 502 g/mol. The minimum atomic E-state index is -0.690. The van der Waals surface area contributed by atoms with Crippen LogP contribution < -0.4 is 0 Å². The first-order valence-corrected chi connectivity index (χ1v) is 14.6. The normalized spacial score (nSPS) is 18.1. The largest absolute Gasteiger partial charge is 0.481 e. The number of benzene rings is 2. The number of rotatable bonds is 12. The van der Waals surface area contributed by atoms with Crippen molar-refractivity contribution >= 4 is 5.97 Å². The molecule has 1 atom stereocenters. The summed E-state index contributed by atoms with van der Waals surface area (Å²) in [6.07, 6.45) is 9.42. The number of H-pyrrole nitrogens is 1. The van der Waals surface area contributed by atoms with Gasteiger partial charge in [0.05, 0.1) is 12.5 Å². The van der Waals surface area contributed by atoms with Gasteiger partial charge in [0.25, 0.3) is 0 Å². The van der Waals surface area contributed by atoms with Gasteiger partial charge in [0.15, 0.2) is 5.82 Å². The van der Waals surface area contributed by atoms with Crippen LogP contribution >= 0.6 is 0 Å². The standard InChI is InChI=1S/C31H39N7O2/c1-3-4-5-6-11-28-32-30(25-18-16-23(17-19-25)21(2)31(39)40)38(35-28)20-22-12-14-24(15-13-22)26-9-7-8-10-27(26)29-33-36-37-34-29/h7-10,12-15,21,23,25H,3-6,11,16-20H2,1-2H3,(H,39,40)(H,33,34,36,37). The van der Waals surface area contributed by atoms with E-state index in [2.05, 4.69) is 62.6 Å². The molecule has 2 aromatic carbocycles. The van der Waals surface area contributed by atoms with Crippen molar-refractivity contribution in [2.45, 2.75) is 84.1 Å². The Morgan fingerprint density at radius 3 is 2.45 bits per heavy atom. The van der Waals surface area contributed by atoms with E-state index in [1.165, 1.54) is 19.3 Å². The molecule has 210 valence electrons. The van der Waals surface area contributed by atoms with Gasteiger partial charge < -0.3 is 5.11 Å². The van der Waals surface area contributed by atoms with Crippen molar-refractivity contribution in [3.63, 3.8) is 0 Å². The molecule has 1 unspecified atom stereocenters. The maximum absolute atomic E-state index is 11.5. The molecule has 0 bridgehead atoms. The number of tetrazole rings is 1. The van der Waals surface area contributed by atoms with E-state index in [4.69, 9.17) is 10.1 Å². The second kappa shape index (κ2) is 13.0. The third-order valence-electron chi connectivity index (χ3n) is 8.34. The topological polar surface area (TPSA) is 122 Å². The van der Waals surface area contributed by atoms with Gasteiger partial charge in [-0.05, 0) is 59.9 Å². The molecule has 9 nitrogen and oxygen atoms in total. The smallest absolute Gasteiger partial charge is 0.306 e. The molecule has 0 saturated heterocycles. The zero-order valence-corrected chi connectivity index (χ0v) is 23.5. The number of aromatic amines is 1. The number of aryl methyl sites for hydroxylation is 1. The number of unbranched alkanes of at least 4 members (excludes halogenated alkanes) is 3. The predicted octanol–water partition coefficient (Wildman–Crippen LogP) is 6.29. The molecule has 2 aromatic heterocycles. The quantitative estimate of drug-likeness (QED) is 0.202. The van der Waals surface area contributed by atoms with Crippen molar-refractivity contribution in [2.75, 3.05) is 0 Å². The predicted molar refractivity (Wildman–Crippen MR) is 154 cm³/mol. The Bertz CT molecular complexity index is 1370. The Kier molecular flexibility index (Phi) is 8.98. The van der Waals surface area contributed by atoms with E-state index < -0.39 is 5.97 Å². The lowest BCUT2D eigenvalue weighted by Gasteiger charge is -2.30. The summed E-state index contributed by atoms with van der Waals surface area (Å²) in [5, 5.41) is 29.0. The summed E-state index contributed by atoms with van der Waals surface area (Å²) < 4.78 is 2.10. The van der Waals surface area contributed by atoms with Gasteiger partial charge in [0, 0.05) is 17.9 Å². The van der Waals surface area contributed by atoms with E-state index >= 15 is 0 Å². The van der Waals surface area contributed by atoms with E-state index in [-0.39, 0.29) is 11.8 Å². The average Bonchev–Trinajstić information content (AvgIpc) is 3.66. The van der Waals surface area contributed by atoms with E-state index in [1.54, 1.807) is 0 Å². The summed E-state index contributed by atoms with van der Waals surface area (Å²) in [4.78, 5) is 16.6. The van der Waals surface area contributed by atoms with Gasteiger partial charge in [-0.2, -0.15) is 10.3 Å². The lowest BCUT2D eigenvalue weighted by Crippen LogP contribution is -2.26. The fourth-order valence-corrected chi connectivity index (χ4v) is 5.88. The minimum absolute atomic E-state index is 0.238. The van der Waals surface area contributed by atoms with Crippen LogP contribution in [0.15, 0.2) is 48.5 Å². The van der Waals surface area contributed by atoms with Crippen LogP contribution in [0.1, 0.15) is 88.3 Å². The third kappa shape index (κ3) is 6.46. The Labute approximate surface area is 235 Å². The van der Waals surface area contributed by atoms with Gasteiger partial charge in [-0.3, -0.25) is 4.79 Å². The summed E-state index contributed by atoms with van der Waals surface area (Å²) in [6, 6.07) is 16.6. The van der Waals surface area contributed by atoms with Gasteiger partial charge in [0.1, 0.15) is 5.82 Å². The maximum Gasteiger partial charge on any atom is 0.306 e. The minimum Gasteiger partial charge on any atom is -0.481 e. The van der Waals surface area contributed by atoms with Crippen LogP contribution in [-0.2, 0) is 17.8 Å². The Morgan fingerprint density at radius 2 is 1.77 bits per heavy atom. The number of aromatic nitrogens is 7. The van der Waals surface area contributed by atoms with Crippen molar-refractivity contribution < 1.29 is 9.90 Å². The highest BCUT2D eigenvalue weighted by atomic mass is 16.4. The highest BCUT2D eigenvalue weighted by molar-refractivity contribution is 5.80. The summed E-state index contributed by atoms with van der Waals surface area (Å²) in [5.41, 5.74) is 4.24. The first-order chi connectivity index (χ1) is 19.5. The number of hydrogen-bond donors (Lipinski definition) is 2. The van der Waals surface area contributed by atoms with E-state index in [0.29, 0.717) is 18.3 Å². The number of carbonyl (C=O) groups is 1. The molecule has 2 N–H and O–H groups in total. The van der Waals surface area contributed by atoms with Crippen LogP contribution in [-0.4, -0.2) is 46.5 Å². The van der Waals surface area contributed by atoms with Gasteiger partial charge in [0.2, 0.25) is 5.82 Å². The molecule has 40 heavy (non-hydrogen) atoms.